The molecular formula is C8H14O5. The third kappa shape index (κ3) is 7.27. The summed E-state index contributed by atoms with van der Waals surface area (Å²) in [7, 11) is 0. The van der Waals surface area contributed by atoms with E-state index in [9.17, 15) is 9.59 Å². The number of rotatable bonds is 5. The Kier molecular flexibility index (Phi) is 5.06. The van der Waals surface area contributed by atoms with Crippen molar-refractivity contribution < 1.29 is 24.5 Å². The molecule has 0 radical (unpaired) electrons. The summed E-state index contributed by atoms with van der Waals surface area (Å²) in [4.78, 5) is 21.0. The number of aliphatic hydroxyl groups excluding tert-OH is 1. The Bertz CT molecular complexity index is 187. The van der Waals surface area contributed by atoms with E-state index in [-0.39, 0.29) is 12.8 Å². The van der Waals surface area contributed by atoms with Crippen molar-refractivity contribution in [3.63, 3.8) is 0 Å². The van der Waals surface area contributed by atoms with E-state index in [0.717, 1.165) is 0 Å². The topological polar surface area (TPSA) is 83.8 Å². The van der Waals surface area contributed by atoms with Gasteiger partial charge in [0.2, 0.25) is 0 Å². The fourth-order valence-corrected chi connectivity index (χ4v) is 0.801. The lowest BCUT2D eigenvalue weighted by Crippen LogP contribution is -2.20. The van der Waals surface area contributed by atoms with Crippen molar-refractivity contribution in [3.8, 4) is 0 Å². The molecule has 13 heavy (non-hydrogen) atoms. The van der Waals surface area contributed by atoms with Crippen LogP contribution in [0, 0.1) is 0 Å². The number of carbonyl (C=O) groups excluding carboxylic acids is 1. The number of carboxylic acid groups (broad SMARTS) is 1. The maximum Gasteiger partial charge on any atom is 0.308 e. The van der Waals surface area contributed by atoms with Gasteiger partial charge in [-0.2, -0.15) is 0 Å². The highest BCUT2D eigenvalue weighted by Gasteiger charge is 2.14. The normalized spacial score (nSPS) is 14.7. The summed E-state index contributed by atoms with van der Waals surface area (Å²) >= 11 is 0. The molecule has 0 fully saturated rings. The Hall–Kier alpha value is -1.10. The second kappa shape index (κ2) is 5.53. The molecular weight excluding hydrogens is 176 g/mol. The molecule has 0 aromatic heterocycles. The van der Waals surface area contributed by atoms with Gasteiger partial charge in [-0.1, -0.05) is 0 Å². The Morgan fingerprint density at radius 1 is 1.31 bits per heavy atom. The van der Waals surface area contributed by atoms with Crippen LogP contribution in [0.5, 0.6) is 0 Å². The van der Waals surface area contributed by atoms with Crippen molar-refractivity contribution in [2.75, 3.05) is 0 Å². The lowest BCUT2D eigenvalue weighted by molar-refractivity contribution is -0.153. The SMILES string of the molecule is CC(O)CC(=O)O[C@H](C)CC(=O)O. The van der Waals surface area contributed by atoms with Crippen LogP contribution in [0.15, 0.2) is 0 Å². The summed E-state index contributed by atoms with van der Waals surface area (Å²) in [5.41, 5.74) is 0. The van der Waals surface area contributed by atoms with Gasteiger partial charge in [0.1, 0.15) is 6.10 Å². The van der Waals surface area contributed by atoms with Gasteiger partial charge in [0.25, 0.3) is 0 Å². The van der Waals surface area contributed by atoms with Crippen LogP contribution in [0.1, 0.15) is 26.7 Å². The maximum absolute atomic E-state index is 10.9. The van der Waals surface area contributed by atoms with Gasteiger partial charge < -0.3 is 14.9 Å². The zero-order valence-corrected chi connectivity index (χ0v) is 7.69. The monoisotopic (exact) mass is 190 g/mol. The van der Waals surface area contributed by atoms with Gasteiger partial charge >= 0.3 is 11.9 Å². The number of hydrogen-bond acceptors (Lipinski definition) is 4. The maximum atomic E-state index is 10.9. The molecule has 5 nitrogen and oxygen atoms in total. The molecule has 0 amide bonds. The minimum Gasteiger partial charge on any atom is -0.481 e. The van der Waals surface area contributed by atoms with Gasteiger partial charge in [-0.25, -0.2) is 0 Å². The highest BCUT2D eigenvalue weighted by atomic mass is 16.5. The van der Waals surface area contributed by atoms with Gasteiger partial charge in [-0.05, 0) is 13.8 Å². The molecule has 2 N–H and O–H groups in total. The quantitative estimate of drug-likeness (QED) is 0.603. The molecule has 0 heterocycles. The van der Waals surface area contributed by atoms with Crippen LogP contribution in [0.4, 0.5) is 0 Å². The van der Waals surface area contributed by atoms with E-state index >= 15 is 0 Å². The summed E-state index contributed by atoms with van der Waals surface area (Å²) in [5.74, 6) is -1.60. The number of carboxylic acids is 1. The van der Waals surface area contributed by atoms with Gasteiger partial charge in [-0.3, -0.25) is 9.59 Å². The van der Waals surface area contributed by atoms with Crippen LogP contribution < -0.4 is 0 Å². The van der Waals surface area contributed by atoms with E-state index < -0.39 is 24.1 Å². The van der Waals surface area contributed by atoms with Gasteiger partial charge in [0.05, 0.1) is 18.9 Å². The summed E-state index contributed by atoms with van der Waals surface area (Å²) < 4.78 is 4.69. The van der Waals surface area contributed by atoms with Crippen LogP contribution in [0.3, 0.4) is 0 Å². The molecule has 76 valence electrons. The van der Waals surface area contributed by atoms with Crippen molar-refractivity contribution in [2.24, 2.45) is 0 Å². The van der Waals surface area contributed by atoms with Crippen molar-refractivity contribution in [2.45, 2.75) is 38.9 Å². The van der Waals surface area contributed by atoms with Crippen LogP contribution >= 0.6 is 0 Å². The largest absolute Gasteiger partial charge is 0.481 e. The fourth-order valence-electron chi connectivity index (χ4n) is 0.801. The molecule has 1 unspecified atom stereocenters. The first-order valence-electron chi connectivity index (χ1n) is 4.01. The lowest BCUT2D eigenvalue weighted by atomic mass is 10.2. The summed E-state index contributed by atoms with van der Waals surface area (Å²) in [5, 5.41) is 17.1. The third-order valence-corrected chi connectivity index (χ3v) is 1.26. The second-order valence-corrected chi connectivity index (χ2v) is 2.95. The van der Waals surface area contributed by atoms with Gasteiger partial charge in [0.15, 0.2) is 0 Å². The number of aliphatic carboxylic acids is 1. The van der Waals surface area contributed by atoms with Gasteiger partial charge in [0, 0.05) is 0 Å². The van der Waals surface area contributed by atoms with Crippen molar-refractivity contribution >= 4 is 11.9 Å². The third-order valence-electron chi connectivity index (χ3n) is 1.26. The molecule has 0 aliphatic carbocycles. The Labute approximate surface area is 76.3 Å². The molecule has 0 bridgehead atoms. The summed E-state index contributed by atoms with van der Waals surface area (Å²) in [6, 6.07) is 0. The molecule has 0 aliphatic rings. The predicted octanol–water partition coefficient (Wildman–Crippen LogP) is 0.164. The average Bonchev–Trinajstić information content (AvgIpc) is 1.80. The number of hydrogen-bond donors (Lipinski definition) is 2. The van der Waals surface area contributed by atoms with E-state index in [1.807, 2.05) is 0 Å². The standard InChI is InChI=1S/C8H14O5/c1-5(9)3-8(12)13-6(2)4-7(10)11/h5-6,9H,3-4H2,1-2H3,(H,10,11)/t5?,6-/m1/s1. The van der Waals surface area contributed by atoms with Crippen LogP contribution in [-0.2, 0) is 14.3 Å². The molecule has 2 atom stereocenters. The lowest BCUT2D eigenvalue weighted by Gasteiger charge is -2.11. The Morgan fingerprint density at radius 3 is 2.23 bits per heavy atom. The van der Waals surface area contributed by atoms with E-state index in [2.05, 4.69) is 0 Å². The first-order chi connectivity index (χ1) is 5.91. The molecule has 0 saturated heterocycles. The fraction of sp³-hybridized carbons (Fsp3) is 0.750. The van der Waals surface area contributed by atoms with E-state index in [1.165, 1.54) is 13.8 Å². The summed E-state index contributed by atoms with van der Waals surface area (Å²) in [6.07, 6.45) is -1.73. The number of esters is 1. The molecule has 0 aliphatic heterocycles. The molecule has 0 spiro atoms. The van der Waals surface area contributed by atoms with Crippen LogP contribution in [0.25, 0.3) is 0 Å². The number of ether oxygens (including phenoxy) is 1. The molecule has 0 saturated carbocycles. The highest BCUT2D eigenvalue weighted by molar-refractivity contribution is 5.71. The van der Waals surface area contributed by atoms with Crippen molar-refractivity contribution in [3.05, 3.63) is 0 Å². The van der Waals surface area contributed by atoms with Crippen molar-refractivity contribution in [1.82, 2.24) is 0 Å². The molecule has 0 rings (SSSR count). The Morgan fingerprint density at radius 2 is 1.85 bits per heavy atom. The second-order valence-electron chi connectivity index (χ2n) is 2.95. The van der Waals surface area contributed by atoms with Crippen LogP contribution in [0.2, 0.25) is 0 Å². The highest BCUT2D eigenvalue weighted by Crippen LogP contribution is 2.01. The van der Waals surface area contributed by atoms with Crippen LogP contribution in [-0.4, -0.2) is 34.4 Å². The smallest absolute Gasteiger partial charge is 0.308 e. The predicted molar refractivity (Wildman–Crippen MR) is 44.1 cm³/mol. The minimum atomic E-state index is -1.02. The van der Waals surface area contributed by atoms with Crippen molar-refractivity contribution in [1.29, 1.82) is 0 Å². The van der Waals surface area contributed by atoms with E-state index in [0.29, 0.717) is 0 Å². The number of aliphatic hydroxyl groups is 1. The van der Waals surface area contributed by atoms with Gasteiger partial charge in [-0.15, -0.1) is 0 Å². The van der Waals surface area contributed by atoms with E-state index in [4.69, 9.17) is 14.9 Å². The number of carbonyl (C=O) groups is 2. The first kappa shape index (κ1) is 11.9. The molecule has 0 aromatic carbocycles. The Balaban J connectivity index is 3.71. The zero-order valence-electron chi connectivity index (χ0n) is 7.69. The summed E-state index contributed by atoms with van der Waals surface area (Å²) in [6.45, 7) is 2.96. The minimum absolute atomic E-state index is 0.107. The first-order valence-corrected chi connectivity index (χ1v) is 4.01. The molecule has 5 heteroatoms. The molecule has 0 aromatic rings. The van der Waals surface area contributed by atoms with E-state index in [1.54, 1.807) is 0 Å². The average molecular weight is 190 g/mol. The zero-order chi connectivity index (χ0) is 10.4.